The van der Waals surface area contributed by atoms with Gasteiger partial charge < -0.3 is 21.1 Å². The van der Waals surface area contributed by atoms with Crippen LogP contribution in [0.15, 0.2) is 73.1 Å². The van der Waals surface area contributed by atoms with Gasteiger partial charge in [0.1, 0.15) is 5.75 Å². The maximum Gasteiger partial charge on any atom is 0.119 e. The van der Waals surface area contributed by atoms with E-state index in [1.54, 1.807) is 6.20 Å². The van der Waals surface area contributed by atoms with Crippen molar-refractivity contribution < 1.29 is 4.74 Å². The van der Waals surface area contributed by atoms with Crippen LogP contribution in [0.5, 0.6) is 5.75 Å². The lowest BCUT2D eigenvalue weighted by atomic mass is 10.0. The molecule has 0 amide bonds. The number of nitrogens with zero attached hydrogens (tertiary/aromatic N) is 1. The van der Waals surface area contributed by atoms with Crippen LogP contribution in [-0.4, -0.2) is 43.3 Å². The van der Waals surface area contributed by atoms with Gasteiger partial charge in [0.25, 0.3) is 0 Å². The Morgan fingerprint density at radius 2 is 1.64 bits per heavy atom. The van der Waals surface area contributed by atoms with Crippen molar-refractivity contribution in [1.82, 2.24) is 15.6 Å². The number of ether oxygens (including phenoxy) is 1. The first-order chi connectivity index (χ1) is 16.2. The molecule has 0 aliphatic carbocycles. The molecule has 2 atom stereocenters. The number of hydrogen-bond donors (Lipinski definition) is 3. The fourth-order valence-electron chi connectivity index (χ4n) is 3.81. The maximum atomic E-state index is 6.06. The van der Waals surface area contributed by atoms with Gasteiger partial charge in [0, 0.05) is 42.6 Å². The third-order valence-corrected chi connectivity index (χ3v) is 5.87. The van der Waals surface area contributed by atoms with Crippen LogP contribution in [0.1, 0.15) is 23.6 Å². The molecule has 0 unspecified atom stereocenters. The van der Waals surface area contributed by atoms with E-state index in [4.69, 9.17) is 22.1 Å². The molecule has 0 saturated carbocycles. The van der Waals surface area contributed by atoms with E-state index >= 15 is 0 Å². The van der Waals surface area contributed by atoms with Gasteiger partial charge in [0.05, 0.1) is 6.61 Å². The van der Waals surface area contributed by atoms with Crippen LogP contribution in [0.2, 0.25) is 5.02 Å². The van der Waals surface area contributed by atoms with Gasteiger partial charge in [-0.1, -0.05) is 41.9 Å². The molecule has 3 aromatic rings. The predicted octanol–water partition coefficient (Wildman–Crippen LogP) is 4.04. The highest BCUT2D eigenvalue weighted by molar-refractivity contribution is 6.30. The van der Waals surface area contributed by atoms with Gasteiger partial charge in [0.15, 0.2) is 0 Å². The Balaban J connectivity index is 1.58. The van der Waals surface area contributed by atoms with E-state index in [9.17, 15) is 0 Å². The molecule has 3 rings (SSSR count). The van der Waals surface area contributed by atoms with Gasteiger partial charge in [-0.15, -0.1) is 0 Å². The fraction of sp³-hybridized carbons (Fsp3) is 0.370. The summed E-state index contributed by atoms with van der Waals surface area (Å²) in [5.41, 5.74) is 9.81. The molecule has 6 heteroatoms. The van der Waals surface area contributed by atoms with Crippen molar-refractivity contribution >= 4 is 11.6 Å². The smallest absolute Gasteiger partial charge is 0.119 e. The van der Waals surface area contributed by atoms with Crippen molar-refractivity contribution in [2.24, 2.45) is 5.73 Å². The molecular weight excluding hydrogens is 432 g/mol. The summed E-state index contributed by atoms with van der Waals surface area (Å²) in [6.07, 6.45) is 6.44. The molecule has 0 bridgehead atoms. The zero-order chi connectivity index (χ0) is 23.3. The molecule has 176 valence electrons. The number of aromatic nitrogens is 1. The minimum Gasteiger partial charge on any atom is -0.494 e. The average Bonchev–Trinajstić information content (AvgIpc) is 2.84. The van der Waals surface area contributed by atoms with E-state index in [2.05, 4.69) is 45.9 Å². The highest BCUT2D eigenvalue weighted by Gasteiger charge is 2.14. The highest BCUT2D eigenvalue weighted by Crippen LogP contribution is 2.14. The average molecular weight is 467 g/mol. The Labute approximate surface area is 202 Å². The monoisotopic (exact) mass is 466 g/mol. The number of nitrogens with one attached hydrogen (secondary N) is 2. The van der Waals surface area contributed by atoms with E-state index < -0.39 is 0 Å². The summed E-state index contributed by atoms with van der Waals surface area (Å²) in [7, 11) is 0. The predicted molar refractivity (Wildman–Crippen MR) is 137 cm³/mol. The van der Waals surface area contributed by atoms with Crippen molar-refractivity contribution in [3.8, 4) is 5.75 Å². The second kappa shape index (κ2) is 14.0. The number of hydrogen-bond acceptors (Lipinski definition) is 5. The molecule has 2 aromatic carbocycles. The summed E-state index contributed by atoms with van der Waals surface area (Å²) in [6, 6.07) is 21.0. The van der Waals surface area contributed by atoms with Crippen molar-refractivity contribution in [1.29, 1.82) is 0 Å². The number of benzene rings is 2. The first-order valence-electron chi connectivity index (χ1n) is 11.7. The summed E-state index contributed by atoms with van der Waals surface area (Å²) in [5, 5.41) is 8.17. The fourth-order valence-corrected chi connectivity index (χ4v) is 3.94. The zero-order valence-corrected chi connectivity index (χ0v) is 20.1. The van der Waals surface area contributed by atoms with E-state index in [-0.39, 0.29) is 12.1 Å². The zero-order valence-electron chi connectivity index (χ0n) is 19.3. The van der Waals surface area contributed by atoms with E-state index in [1.807, 2.05) is 43.5 Å². The Kier molecular flexibility index (Phi) is 10.7. The first kappa shape index (κ1) is 25.2. The second-order valence-corrected chi connectivity index (χ2v) is 8.65. The van der Waals surface area contributed by atoms with Crippen molar-refractivity contribution in [3.63, 3.8) is 0 Å². The van der Waals surface area contributed by atoms with E-state index in [1.165, 1.54) is 16.7 Å². The van der Waals surface area contributed by atoms with Crippen LogP contribution >= 0.6 is 11.6 Å². The summed E-state index contributed by atoms with van der Waals surface area (Å²) >= 11 is 6.01. The normalized spacial score (nSPS) is 12.9. The lowest BCUT2D eigenvalue weighted by molar-refractivity contribution is 0.340. The molecule has 0 saturated heterocycles. The van der Waals surface area contributed by atoms with Crippen LogP contribution in [0.25, 0.3) is 0 Å². The maximum absolute atomic E-state index is 6.06. The second-order valence-electron chi connectivity index (χ2n) is 8.21. The minimum absolute atomic E-state index is 0.204. The standard InChI is InChI=1S/C27H35ClN4O/c1-2-33-27-11-7-22(8-12-27)16-26(31-15-13-21-5-9-24(28)10-6-21)20-32-25(18-29)17-23-4-3-14-30-19-23/h3-12,14,19,25-26,31-32H,2,13,15-18,20,29H2,1H3/t25-,26-/m0/s1. The highest BCUT2D eigenvalue weighted by atomic mass is 35.5. The molecule has 0 radical (unpaired) electrons. The molecule has 33 heavy (non-hydrogen) atoms. The third kappa shape index (κ3) is 9.14. The number of nitrogens with two attached hydrogens (primary N) is 1. The van der Waals surface area contributed by atoms with E-state index in [0.717, 1.165) is 43.1 Å². The molecule has 5 nitrogen and oxygen atoms in total. The number of rotatable bonds is 14. The largest absolute Gasteiger partial charge is 0.494 e. The van der Waals surface area contributed by atoms with Gasteiger partial charge in [-0.2, -0.15) is 0 Å². The lowest BCUT2D eigenvalue weighted by Crippen LogP contribution is -2.47. The van der Waals surface area contributed by atoms with Crippen molar-refractivity contribution in [2.45, 2.75) is 38.3 Å². The Morgan fingerprint density at radius 1 is 0.909 bits per heavy atom. The summed E-state index contributed by atoms with van der Waals surface area (Å²) in [6.45, 7) is 4.97. The molecule has 0 aliphatic rings. The van der Waals surface area contributed by atoms with Crippen LogP contribution in [0, 0.1) is 0 Å². The number of pyridine rings is 1. The molecule has 1 aromatic heterocycles. The van der Waals surface area contributed by atoms with Crippen LogP contribution in [0.4, 0.5) is 0 Å². The molecule has 0 fully saturated rings. The Hall–Kier alpha value is -2.44. The minimum atomic E-state index is 0.204. The third-order valence-electron chi connectivity index (χ3n) is 5.62. The Morgan fingerprint density at radius 3 is 2.30 bits per heavy atom. The van der Waals surface area contributed by atoms with Gasteiger partial charge in [0.2, 0.25) is 0 Å². The SMILES string of the molecule is CCOc1ccc(C[C@@H](CN[C@H](CN)Cc2cccnc2)NCCc2ccc(Cl)cc2)cc1. The molecule has 4 N–H and O–H groups in total. The van der Waals surface area contributed by atoms with Gasteiger partial charge in [-0.3, -0.25) is 4.98 Å². The summed E-state index contributed by atoms with van der Waals surface area (Å²) in [5.74, 6) is 0.909. The number of halogens is 1. The van der Waals surface area contributed by atoms with Crippen LogP contribution in [-0.2, 0) is 19.3 Å². The molecule has 0 aliphatic heterocycles. The van der Waals surface area contributed by atoms with Gasteiger partial charge in [-0.05, 0) is 79.8 Å². The first-order valence-corrected chi connectivity index (χ1v) is 12.1. The Bertz CT molecular complexity index is 919. The topological polar surface area (TPSA) is 72.2 Å². The van der Waals surface area contributed by atoms with Crippen molar-refractivity contribution in [2.75, 3.05) is 26.2 Å². The van der Waals surface area contributed by atoms with E-state index in [0.29, 0.717) is 13.2 Å². The van der Waals surface area contributed by atoms with Gasteiger partial charge >= 0.3 is 0 Å². The molecular formula is C27H35ClN4O. The van der Waals surface area contributed by atoms with Crippen LogP contribution < -0.4 is 21.1 Å². The van der Waals surface area contributed by atoms with Crippen LogP contribution in [0.3, 0.4) is 0 Å². The lowest BCUT2D eigenvalue weighted by Gasteiger charge is -2.24. The molecule has 0 spiro atoms. The summed E-state index contributed by atoms with van der Waals surface area (Å²) < 4.78 is 5.58. The van der Waals surface area contributed by atoms with Crippen molar-refractivity contribution in [3.05, 3.63) is 94.8 Å². The molecule has 1 heterocycles. The van der Waals surface area contributed by atoms with Gasteiger partial charge in [-0.25, -0.2) is 0 Å². The summed E-state index contributed by atoms with van der Waals surface area (Å²) in [4.78, 5) is 4.22. The quantitative estimate of drug-likeness (QED) is 0.334.